The average Bonchev–Trinajstić information content (AvgIpc) is 3.10. The zero-order chi connectivity index (χ0) is 26.1. The molecule has 0 aliphatic heterocycles. The molecule has 0 unspecified atom stereocenters. The molecule has 0 aliphatic carbocycles. The molecule has 0 saturated carbocycles. The van der Waals surface area contributed by atoms with Gasteiger partial charge in [-0.2, -0.15) is 8.78 Å². The van der Waals surface area contributed by atoms with Crippen molar-refractivity contribution in [1.29, 1.82) is 0 Å². The fraction of sp³-hybridized carbons (Fsp3) is 0.435. The number of carbonyl (C=O) groups excluding carboxylic acids is 3. The number of ether oxygens (including phenoxy) is 4. The normalized spacial score (nSPS) is 10.9. The molecule has 2 aromatic rings. The maximum Gasteiger partial charge on any atom is 0.387 e. The Bertz CT molecular complexity index is 1060. The summed E-state index contributed by atoms with van der Waals surface area (Å²) in [6.07, 6.45) is 0. The number of amides is 1. The van der Waals surface area contributed by atoms with Crippen LogP contribution in [0.4, 0.5) is 13.8 Å². The van der Waals surface area contributed by atoms with Crippen molar-refractivity contribution in [2.24, 2.45) is 0 Å². The molecule has 1 amide bonds. The van der Waals surface area contributed by atoms with Crippen molar-refractivity contribution in [3.05, 3.63) is 39.8 Å². The van der Waals surface area contributed by atoms with Crippen molar-refractivity contribution in [3.8, 4) is 11.5 Å². The summed E-state index contributed by atoms with van der Waals surface area (Å²) in [6.45, 7) is 2.45. The summed E-state index contributed by atoms with van der Waals surface area (Å²) < 4.78 is 44.7. The molecule has 1 heterocycles. The highest BCUT2D eigenvalue weighted by Gasteiger charge is 2.27. The fourth-order valence-electron chi connectivity index (χ4n) is 3.22. The third-order valence-corrected chi connectivity index (χ3v) is 5.84. The van der Waals surface area contributed by atoms with E-state index >= 15 is 0 Å². The number of thiophene rings is 1. The lowest BCUT2D eigenvalue weighted by Crippen LogP contribution is -2.30. The number of benzene rings is 1. The van der Waals surface area contributed by atoms with E-state index in [2.05, 4.69) is 10.1 Å². The first-order valence-electron chi connectivity index (χ1n) is 10.7. The van der Waals surface area contributed by atoms with E-state index in [1.165, 1.54) is 13.2 Å². The molecular formula is C23H28F2N2O7S. The number of alkyl halides is 2. The molecule has 0 bridgehead atoms. The number of rotatable bonds is 12. The second kappa shape index (κ2) is 13.0. The molecule has 0 aliphatic rings. The monoisotopic (exact) mass is 514 g/mol. The van der Waals surface area contributed by atoms with Crippen LogP contribution in [0.3, 0.4) is 0 Å². The van der Waals surface area contributed by atoms with Crippen LogP contribution in [0.5, 0.6) is 11.5 Å². The van der Waals surface area contributed by atoms with Crippen LogP contribution in [0.25, 0.3) is 0 Å². The molecule has 0 atom stereocenters. The third-order valence-electron chi connectivity index (χ3n) is 4.65. The van der Waals surface area contributed by atoms with E-state index in [1.807, 2.05) is 0 Å². The molecule has 1 aromatic carbocycles. The summed E-state index contributed by atoms with van der Waals surface area (Å²) >= 11 is 0.942. The van der Waals surface area contributed by atoms with Crippen LogP contribution in [0.15, 0.2) is 18.2 Å². The number of halogens is 2. The molecule has 192 valence electrons. The highest BCUT2D eigenvalue weighted by Crippen LogP contribution is 2.34. The molecule has 1 N–H and O–H groups in total. The largest absolute Gasteiger partial charge is 0.493 e. The first-order chi connectivity index (χ1) is 16.6. The summed E-state index contributed by atoms with van der Waals surface area (Å²) in [4.78, 5) is 39.3. The Kier molecular flexibility index (Phi) is 10.4. The lowest BCUT2D eigenvalue weighted by molar-refractivity contribution is -0.117. The van der Waals surface area contributed by atoms with Gasteiger partial charge in [0.15, 0.2) is 11.5 Å². The van der Waals surface area contributed by atoms with Gasteiger partial charge in [-0.15, -0.1) is 11.3 Å². The number of nitrogens with one attached hydrogen (secondary N) is 1. The number of carbonyl (C=O) groups is 3. The quantitative estimate of drug-likeness (QED) is 0.423. The van der Waals surface area contributed by atoms with Crippen LogP contribution in [0.1, 0.15) is 45.0 Å². The zero-order valence-corrected chi connectivity index (χ0v) is 20.9. The Morgan fingerprint density at radius 1 is 1.09 bits per heavy atom. The number of nitrogens with zero attached hydrogens (tertiary/aromatic N) is 1. The van der Waals surface area contributed by atoms with Crippen LogP contribution >= 0.6 is 11.3 Å². The number of methoxy groups -OCH3 is 1. The summed E-state index contributed by atoms with van der Waals surface area (Å²) in [7, 11) is 3.02. The van der Waals surface area contributed by atoms with E-state index in [0.717, 1.165) is 11.3 Å². The van der Waals surface area contributed by atoms with E-state index in [-0.39, 0.29) is 46.7 Å². The van der Waals surface area contributed by atoms with Crippen LogP contribution in [0, 0.1) is 6.92 Å². The summed E-state index contributed by atoms with van der Waals surface area (Å²) in [5.41, 5.74) is 1.17. The zero-order valence-electron chi connectivity index (χ0n) is 20.1. The maximum atomic E-state index is 12.7. The molecule has 12 heteroatoms. The van der Waals surface area contributed by atoms with Gasteiger partial charge >= 0.3 is 18.6 Å². The predicted octanol–water partition coefficient (Wildman–Crippen LogP) is 4.09. The minimum absolute atomic E-state index is 0.0639. The van der Waals surface area contributed by atoms with Gasteiger partial charge in [-0.25, -0.2) is 9.59 Å². The van der Waals surface area contributed by atoms with Gasteiger partial charge in [-0.1, -0.05) is 6.07 Å². The minimum atomic E-state index is -2.98. The molecule has 1 aromatic heterocycles. The second-order valence-electron chi connectivity index (χ2n) is 7.29. The van der Waals surface area contributed by atoms with E-state index < -0.39 is 24.5 Å². The molecule has 0 saturated heterocycles. The third kappa shape index (κ3) is 7.62. The van der Waals surface area contributed by atoms with Crippen molar-refractivity contribution in [3.63, 3.8) is 0 Å². The summed E-state index contributed by atoms with van der Waals surface area (Å²) in [5, 5.41) is 2.87. The van der Waals surface area contributed by atoms with Gasteiger partial charge in [-0.3, -0.25) is 9.69 Å². The van der Waals surface area contributed by atoms with E-state index in [0.29, 0.717) is 17.7 Å². The van der Waals surface area contributed by atoms with Gasteiger partial charge in [0.05, 0.1) is 32.4 Å². The molecular weight excluding hydrogens is 486 g/mol. The van der Waals surface area contributed by atoms with E-state index in [9.17, 15) is 23.2 Å². The fourth-order valence-corrected chi connectivity index (χ4v) is 4.33. The second-order valence-corrected chi connectivity index (χ2v) is 8.31. The molecule has 35 heavy (non-hydrogen) atoms. The first kappa shape index (κ1) is 28.0. The standard InChI is InChI=1S/C23H28F2N2O7S/c1-6-32-21(29)18-13(3)19(22(30)33-7-2)35-20(18)26-17(28)12-27(4)11-14-8-9-15(34-23(24)25)16(10-14)31-5/h8-10,23H,6-7,11-12H2,1-5H3,(H,26,28). The number of esters is 2. The molecule has 9 nitrogen and oxygen atoms in total. The lowest BCUT2D eigenvalue weighted by Gasteiger charge is -2.18. The van der Waals surface area contributed by atoms with Crippen LogP contribution in [0.2, 0.25) is 0 Å². The molecule has 2 rings (SSSR count). The highest BCUT2D eigenvalue weighted by atomic mass is 32.1. The van der Waals surface area contributed by atoms with Gasteiger partial charge in [-0.05, 0) is 51.1 Å². The Balaban J connectivity index is 2.14. The Hall–Kier alpha value is -3.25. The van der Waals surface area contributed by atoms with Gasteiger partial charge < -0.3 is 24.3 Å². The smallest absolute Gasteiger partial charge is 0.387 e. The number of hydrogen-bond donors (Lipinski definition) is 1. The van der Waals surface area contributed by atoms with Crippen molar-refractivity contribution in [2.45, 2.75) is 33.9 Å². The van der Waals surface area contributed by atoms with Crippen molar-refractivity contribution < 1.29 is 42.1 Å². The highest BCUT2D eigenvalue weighted by molar-refractivity contribution is 7.18. The molecule has 0 fully saturated rings. The molecule has 0 radical (unpaired) electrons. The average molecular weight is 515 g/mol. The summed E-state index contributed by atoms with van der Waals surface area (Å²) in [6, 6.07) is 4.49. The Morgan fingerprint density at radius 3 is 2.34 bits per heavy atom. The van der Waals surface area contributed by atoms with Crippen molar-refractivity contribution in [2.75, 3.05) is 39.2 Å². The molecule has 0 spiro atoms. The van der Waals surface area contributed by atoms with Crippen LogP contribution in [-0.4, -0.2) is 63.3 Å². The van der Waals surface area contributed by atoms with Gasteiger partial charge in [0, 0.05) is 6.54 Å². The number of anilines is 1. The minimum Gasteiger partial charge on any atom is -0.493 e. The SMILES string of the molecule is CCOC(=O)c1sc(NC(=O)CN(C)Cc2ccc(OC(F)F)c(OC)c2)c(C(=O)OCC)c1C. The van der Waals surface area contributed by atoms with Crippen molar-refractivity contribution >= 4 is 34.2 Å². The Morgan fingerprint density at radius 2 is 1.74 bits per heavy atom. The van der Waals surface area contributed by atoms with E-state index in [4.69, 9.17) is 14.2 Å². The lowest BCUT2D eigenvalue weighted by atomic mass is 10.1. The van der Waals surface area contributed by atoms with Crippen LogP contribution in [-0.2, 0) is 20.8 Å². The maximum absolute atomic E-state index is 12.7. The van der Waals surface area contributed by atoms with Gasteiger partial charge in [0.1, 0.15) is 9.88 Å². The number of hydrogen-bond acceptors (Lipinski definition) is 9. The predicted molar refractivity (Wildman–Crippen MR) is 126 cm³/mol. The van der Waals surface area contributed by atoms with Gasteiger partial charge in [0.2, 0.25) is 5.91 Å². The number of likely N-dealkylation sites (N-methyl/N-ethyl adjacent to an activating group) is 1. The first-order valence-corrected chi connectivity index (χ1v) is 11.5. The Labute approximate surface area is 205 Å². The summed E-state index contributed by atoms with van der Waals surface area (Å²) in [5.74, 6) is -1.63. The van der Waals surface area contributed by atoms with E-state index in [1.54, 1.807) is 44.9 Å². The van der Waals surface area contributed by atoms with Crippen molar-refractivity contribution in [1.82, 2.24) is 4.90 Å². The van der Waals surface area contributed by atoms with Crippen LogP contribution < -0.4 is 14.8 Å². The van der Waals surface area contributed by atoms with Gasteiger partial charge in [0.25, 0.3) is 0 Å². The topological polar surface area (TPSA) is 103 Å².